The molecule has 1 N–H and O–H groups in total. The monoisotopic (exact) mass is 591 g/mol. The third-order valence-corrected chi connectivity index (χ3v) is 6.55. The molecule has 0 radical (unpaired) electrons. The first-order valence-corrected chi connectivity index (χ1v) is 12.2. The Balaban J connectivity index is 1.45. The molecule has 9 nitrogen and oxygen atoms in total. The minimum absolute atomic E-state index is 0.00523. The molecule has 5 rings (SSSR count). The van der Waals surface area contributed by atoms with E-state index in [9.17, 15) is 27.2 Å². The van der Waals surface area contributed by atoms with Crippen molar-refractivity contribution in [1.82, 2.24) is 35.1 Å². The number of carbonyl (C=O) groups is 1. The van der Waals surface area contributed by atoms with E-state index in [0.29, 0.717) is 17.3 Å². The van der Waals surface area contributed by atoms with Crippen molar-refractivity contribution in [3.63, 3.8) is 0 Å². The summed E-state index contributed by atoms with van der Waals surface area (Å²) in [4.78, 5) is 30.0. The van der Waals surface area contributed by atoms with Gasteiger partial charge in [-0.05, 0) is 53.9 Å². The van der Waals surface area contributed by atoms with Crippen LogP contribution < -0.4 is 10.9 Å². The van der Waals surface area contributed by atoms with Gasteiger partial charge in [0.05, 0.1) is 45.9 Å². The topological polar surface area (TPSA) is 108 Å². The van der Waals surface area contributed by atoms with Gasteiger partial charge in [0.2, 0.25) is 0 Å². The van der Waals surface area contributed by atoms with Gasteiger partial charge in [-0.2, -0.15) is 23.0 Å². The number of pyridine rings is 1. The maximum atomic E-state index is 14.6. The second kappa shape index (κ2) is 9.74. The molecule has 4 aromatic rings. The molecular formula is C24H18BrF4N7O2. The molecule has 1 saturated carbocycles. The Labute approximate surface area is 220 Å². The summed E-state index contributed by atoms with van der Waals surface area (Å²) >= 11 is 3.13. The van der Waals surface area contributed by atoms with E-state index in [1.807, 2.05) is 0 Å². The van der Waals surface area contributed by atoms with Crippen molar-refractivity contribution in [2.75, 3.05) is 0 Å². The molecule has 0 saturated heterocycles. The van der Waals surface area contributed by atoms with Gasteiger partial charge in [-0.25, -0.2) is 9.07 Å². The summed E-state index contributed by atoms with van der Waals surface area (Å²) < 4.78 is 56.6. The Morgan fingerprint density at radius 3 is 2.66 bits per heavy atom. The van der Waals surface area contributed by atoms with Crippen LogP contribution in [-0.4, -0.2) is 35.7 Å². The van der Waals surface area contributed by atoms with Gasteiger partial charge in [-0.3, -0.25) is 14.6 Å². The lowest BCUT2D eigenvalue weighted by molar-refractivity contribution is -0.140. The van der Waals surface area contributed by atoms with Crippen molar-refractivity contribution in [3.8, 4) is 16.9 Å². The molecule has 1 amide bonds. The highest BCUT2D eigenvalue weighted by molar-refractivity contribution is 9.10. The number of halogens is 5. The Hall–Kier alpha value is -3.94. The second-order valence-corrected chi connectivity index (χ2v) is 9.58. The largest absolute Gasteiger partial charge is 0.419 e. The Morgan fingerprint density at radius 2 is 1.95 bits per heavy atom. The molecule has 3 aromatic heterocycles. The summed E-state index contributed by atoms with van der Waals surface area (Å²) in [6.45, 7) is 1.34. The number of carbonyl (C=O) groups excluding carboxylic acids is 1. The zero-order valence-electron chi connectivity index (χ0n) is 19.6. The van der Waals surface area contributed by atoms with Gasteiger partial charge in [-0.15, -0.1) is 5.10 Å². The quantitative estimate of drug-likeness (QED) is 0.328. The SMILES string of the molecule is C[C@@H](NC(=O)c1cc(Br)c(=O)n(-c2cncc(-c3cnnn3C3CC3)c2)n1)c1cccc(C(F)(F)F)c1F. The first kappa shape index (κ1) is 25.7. The van der Waals surface area contributed by atoms with Crippen molar-refractivity contribution in [2.24, 2.45) is 0 Å². The molecule has 1 aliphatic carbocycles. The number of hydrogen-bond acceptors (Lipinski definition) is 6. The van der Waals surface area contributed by atoms with E-state index in [-0.39, 0.29) is 27.5 Å². The van der Waals surface area contributed by atoms with Crippen LogP contribution in [0.3, 0.4) is 0 Å². The lowest BCUT2D eigenvalue weighted by Crippen LogP contribution is -2.32. The van der Waals surface area contributed by atoms with Crippen molar-refractivity contribution in [1.29, 1.82) is 0 Å². The lowest BCUT2D eigenvalue weighted by Gasteiger charge is -2.18. The number of benzene rings is 1. The molecule has 1 atom stereocenters. The number of rotatable bonds is 6. The van der Waals surface area contributed by atoms with Crippen LogP contribution in [0.4, 0.5) is 17.6 Å². The smallest absolute Gasteiger partial charge is 0.344 e. The molecule has 1 aromatic carbocycles. The first-order chi connectivity index (χ1) is 18.0. The van der Waals surface area contributed by atoms with Gasteiger partial charge >= 0.3 is 6.18 Å². The third-order valence-electron chi connectivity index (χ3n) is 5.98. The van der Waals surface area contributed by atoms with Gasteiger partial charge in [0.15, 0.2) is 5.69 Å². The van der Waals surface area contributed by atoms with Crippen LogP contribution in [0, 0.1) is 5.82 Å². The maximum absolute atomic E-state index is 14.6. The van der Waals surface area contributed by atoms with E-state index in [4.69, 9.17) is 0 Å². The average molecular weight is 592 g/mol. The fourth-order valence-electron chi connectivity index (χ4n) is 3.93. The molecule has 1 aliphatic rings. The molecule has 0 aliphatic heterocycles. The minimum atomic E-state index is -4.89. The Morgan fingerprint density at radius 1 is 1.18 bits per heavy atom. The van der Waals surface area contributed by atoms with Crippen LogP contribution >= 0.6 is 15.9 Å². The predicted octanol–water partition coefficient (Wildman–Crippen LogP) is 4.63. The molecule has 0 spiro atoms. The number of alkyl halides is 3. The van der Waals surface area contributed by atoms with E-state index < -0.39 is 35.1 Å². The Bertz CT molecular complexity index is 1600. The standard InChI is InChI=1S/C24H18BrF4N7O2/c1-12(16-3-2-4-17(21(16)26)24(27,28)29)32-22(37)19-8-18(25)23(38)36(33-19)15-7-13(9-30-10-15)20-11-31-34-35(20)14-5-6-14/h2-4,7-12,14H,5-6H2,1H3,(H,32,37)/t12-/m1/s1. The van der Waals surface area contributed by atoms with Gasteiger partial charge in [0.1, 0.15) is 5.82 Å². The van der Waals surface area contributed by atoms with Crippen LogP contribution in [0.2, 0.25) is 0 Å². The third kappa shape index (κ3) is 4.95. The highest BCUT2D eigenvalue weighted by Gasteiger charge is 2.35. The van der Waals surface area contributed by atoms with Gasteiger partial charge < -0.3 is 5.32 Å². The highest BCUT2D eigenvalue weighted by Crippen LogP contribution is 2.37. The minimum Gasteiger partial charge on any atom is -0.344 e. The van der Waals surface area contributed by atoms with Crippen LogP contribution in [0.25, 0.3) is 16.9 Å². The lowest BCUT2D eigenvalue weighted by atomic mass is 10.0. The number of nitrogens with one attached hydrogen (secondary N) is 1. The molecule has 3 heterocycles. The summed E-state index contributed by atoms with van der Waals surface area (Å²) in [6, 6.07) is 4.77. The zero-order chi connectivity index (χ0) is 27.2. The van der Waals surface area contributed by atoms with Gasteiger partial charge in [-0.1, -0.05) is 17.3 Å². The van der Waals surface area contributed by atoms with Crippen molar-refractivity contribution in [3.05, 3.63) is 86.4 Å². The van der Waals surface area contributed by atoms with Crippen molar-refractivity contribution in [2.45, 2.75) is 38.0 Å². The van der Waals surface area contributed by atoms with E-state index >= 15 is 0 Å². The highest BCUT2D eigenvalue weighted by atomic mass is 79.9. The zero-order valence-corrected chi connectivity index (χ0v) is 21.2. The molecule has 0 unspecified atom stereocenters. The molecular weight excluding hydrogens is 574 g/mol. The van der Waals surface area contributed by atoms with Gasteiger partial charge in [0.25, 0.3) is 11.5 Å². The number of nitrogens with zero attached hydrogens (tertiary/aromatic N) is 6. The first-order valence-electron chi connectivity index (χ1n) is 11.4. The summed E-state index contributed by atoms with van der Waals surface area (Å²) in [7, 11) is 0. The summed E-state index contributed by atoms with van der Waals surface area (Å²) in [5.74, 6) is -2.31. The molecule has 14 heteroatoms. The molecule has 1 fully saturated rings. The normalized spacial score (nSPS) is 14.4. The maximum Gasteiger partial charge on any atom is 0.419 e. The van der Waals surface area contributed by atoms with Crippen LogP contribution in [-0.2, 0) is 6.18 Å². The number of hydrogen-bond donors (Lipinski definition) is 1. The Kier molecular flexibility index (Phi) is 6.59. The molecule has 38 heavy (non-hydrogen) atoms. The van der Waals surface area contributed by atoms with E-state index in [1.54, 1.807) is 23.1 Å². The molecule has 196 valence electrons. The second-order valence-electron chi connectivity index (χ2n) is 8.72. The van der Waals surface area contributed by atoms with Crippen LogP contribution in [0.1, 0.15) is 53.5 Å². The van der Waals surface area contributed by atoms with Crippen LogP contribution in [0.15, 0.2) is 58.2 Å². The predicted molar refractivity (Wildman–Crippen MR) is 130 cm³/mol. The van der Waals surface area contributed by atoms with Crippen LogP contribution in [0.5, 0.6) is 0 Å². The van der Waals surface area contributed by atoms with E-state index in [2.05, 4.69) is 41.6 Å². The molecule has 0 bridgehead atoms. The number of amides is 1. The fraction of sp³-hybridized carbons (Fsp3) is 0.250. The van der Waals surface area contributed by atoms with Crippen molar-refractivity contribution < 1.29 is 22.4 Å². The summed E-state index contributed by atoms with van der Waals surface area (Å²) in [5.41, 5.74) is -0.998. The number of aromatic nitrogens is 6. The summed E-state index contributed by atoms with van der Waals surface area (Å²) in [5, 5.41) is 14.6. The average Bonchev–Trinajstić information content (AvgIpc) is 3.60. The van der Waals surface area contributed by atoms with Gasteiger partial charge in [0, 0.05) is 17.3 Å². The summed E-state index contributed by atoms with van der Waals surface area (Å²) in [6.07, 6.45) is 1.64. The van der Waals surface area contributed by atoms with E-state index in [1.165, 1.54) is 19.2 Å². The van der Waals surface area contributed by atoms with E-state index in [0.717, 1.165) is 29.7 Å². The fourth-order valence-corrected chi connectivity index (χ4v) is 4.31. The van der Waals surface area contributed by atoms with Crippen molar-refractivity contribution >= 4 is 21.8 Å².